The van der Waals surface area contributed by atoms with Crippen LogP contribution in [0.1, 0.15) is 0 Å². The Bertz CT molecular complexity index is 222. The van der Waals surface area contributed by atoms with Gasteiger partial charge < -0.3 is 0 Å². The lowest BCUT2D eigenvalue weighted by atomic mass is 10.7. The molecule has 0 unspecified atom stereocenters. The van der Waals surface area contributed by atoms with Gasteiger partial charge in [-0.2, -0.15) is 0 Å². The van der Waals surface area contributed by atoms with Gasteiger partial charge in [0.25, 0.3) is 0 Å². The molecule has 0 amide bonds. The molecule has 0 aromatic carbocycles. The average Bonchev–Trinajstić information content (AvgIpc) is 1.85. The van der Waals surface area contributed by atoms with Crippen LogP contribution in [0.2, 0.25) is 10.3 Å². The second kappa shape index (κ2) is 3.67. The molecule has 54 valence electrons. The van der Waals surface area contributed by atoms with Crippen molar-refractivity contribution in [2.24, 2.45) is 0 Å². The van der Waals surface area contributed by atoms with Crippen LogP contribution < -0.4 is 0 Å². The van der Waals surface area contributed by atoms with E-state index in [9.17, 15) is 0 Å². The second-order valence-corrected chi connectivity index (χ2v) is 3.26. The molecule has 0 saturated carbocycles. The first-order valence-electron chi connectivity index (χ1n) is 2.24. The molecule has 0 bridgehead atoms. The molecule has 0 spiro atoms. The predicted molar refractivity (Wildman–Crippen MR) is 46.9 cm³/mol. The minimum absolute atomic E-state index is 0.330. The summed E-state index contributed by atoms with van der Waals surface area (Å²) in [6.07, 6.45) is 0. The van der Waals surface area contributed by atoms with Crippen molar-refractivity contribution in [3.63, 3.8) is 0 Å². The minimum atomic E-state index is 0.330. The highest BCUT2D eigenvalue weighted by Crippen LogP contribution is 2.20. The molecule has 0 aliphatic heterocycles. The zero-order valence-electron chi connectivity index (χ0n) is 4.58. The Kier molecular flexibility index (Phi) is 3.10. The Balaban J connectivity index is 3.06. The van der Waals surface area contributed by atoms with E-state index in [1.165, 1.54) is 6.07 Å². The van der Waals surface area contributed by atoms with Crippen molar-refractivity contribution in [2.45, 2.75) is 5.16 Å². The highest BCUT2D eigenvalue weighted by atomic mass is 35.5. The lowest BCUT2D eigenvalue weighted by Crippen LogP contribution is -1.84. The van der Waals surface area contributed by atoms with E-state index in [1.54, 1.807) is 0 Å². The van der Waals surface area contributed by atoms with Crippen LogP contribution in [0.5, 0.6) is 0 Å². The van der Waals surface area contributed by atoms with Gasteiger partial charge in [-0.15, -0.1) is 11.7 Å². The first-order valence-corrected chi connectivity index (χ1v) is 4.86. The summed E-state index contributed by atoms with van der Waals surface area (Å²) in [4.78, 5) is 7.62. The lowest BCUT2D eigenvalue weighted by Gasteiger charge is -1.94. The van der Waals surface area contributed by atoms with Gasteiger partial charge in [0.2, 0.25) is 5.16 Å². The Morgan fingerprint density at radius 2 is 1.80 bits per heavy atom. The Hall–Kier alpha value is 0.360. The summed E-state index contributed by atoms with van der Waals surface area (Å²) >= 11 is 15.0. The molecular weight excluding hydrogens is 211 g/mol. The quantitative estimate of drug-likeness (QED) is 0.336. The third-order valence-corrected chi connectivity index (χ3v) is 1.95. The topological polar surface area (TPSA) is 25.8 Å². The van der Waals surface area contributed by atoms with Crippen molar-refractivity contribution >= 4 is 45.7 Å². The van der Waals surface area contributed by atoms with Gasteiger partial charge in [0.1, 0.15) is 10.3 Å². The van der Waals surface area contributed by atoms with Gasteiger partial charge in [0, 0.05) is 6.07 Å². The van der Waals surface area contributed by atoms with Gasteiger partial charge in [-0.05, 0) is 10.8 Å². The van der Waals surface area contributed by atoms with Gasteiger partial charge >= 0.3 is 0 Å². The van der Waals surface area contributed by atoms with Crippen LogP contribution in [0, 0.1) is 0 Å². The average molecular weight is 213 g/mol. The normalized spacial score (nSPS) is 9.90. The molecule has 1 aromatic rings. The fourth-order valence-electron chi connectivity index (χ4n) is 0.411. The van der Waals surface area contributed by atoms with Gasteiger partial charge in [0.15, 0.2) is 0 Å². The summed E-state index contributed by atoms with van der Waals surface area (Å²) in [5.74, 6) is 0. The fraction of sp³-hybridized carbons (Fsp3) is 0. The summed E-state index contributed by atoms with van der Waals surface area (Å²) < 4.78 is 0. The van der Waals surface area contributed by atoms with E-state index in [0.717, 1.165) is 10.8 Å². The molecule has 0 atom stereocenters. The summed E-state index contributed by atoms with van der Waals surface area (Å²) in [6.45, 7) is 0. The standard InChI is InChI=1S/C4H2Cl2N2S2/c5-2-1-3(6)8-4(7-2)10-9/h1,9H. The van der Waals surface area contributed by atoms with Crippen LogP contribution in [-0.2, 0) is 0 Å². The molecule has 0 saturated heterocycles. The molecule has 10 heavy (non-hydrogen) atoms. The maximum Gasteiger partial charge on any atom is 0.201 e. The number of thiol groups is 1. The predicted octanol–water partition coefficient (Wildman–Crippen LogP) is 2.72. The van der Waals surface area contributed by atoms with Crippen molar-refractivity contribution < 1.29 is 0 Å². The summed E-state index contributed by atoms with van der Waals surface area (Å²) in [5, 5.41) is 1.12. The molecule has 1 rings (SSSR count). The van der Waals surface area contributed by atoms with Crippen LogP contribution in [0.4, 0.5) is 0 Å². The van der Waals surface area contributed by atoms with Crippen molar-refractivity contribution in [3.05, 3.63) is 16.4 Å². The highest BCUT2D eigenvalue weighted by Gasteiger charge is 1.98. The van der Waals surface area contributed by atoms with Crippen molar-refractivity contribution in [1.29, 1.82) is 0 Å². The Morgan fingerprint density at radius 3 is 2.20 bits per heavy atom. The minimum Gasteiger partial charge on any atom is -0.210 e. The molecule has 0 aliphatic rings. The summed E-state index contributed by atoms with van der Waals surface area (Å²) in [5.41, 5.74) is 0. The van der Waals surface area contributed by atoms with Crippen molar-refractivity contribution in [3.8, 4) is 0 Å². The fourth-order valence-corrected chi connectivity index (χ4v) is 1.46. The molecule has 1 heterocycles. The largest absolute Gasteiger partial charge is 0.210 e. The van der Waals surface area contributed by atoms with E-state index < -0.39 is 0 Å². The second-order valence-electron chi connectivity index (χ2n) is 1.39. The smallest absolute Gasteiger partial charge is 0.201 e. The van der Waals surface area contributed by atoms with Crippen LogP contribution in [-0.4, -0.2) is 9.97 Å². The van der Waals surface area contributed by atoms with E-state index >= 15 is 0 Å². The first kappa shape index (κ1) is 8.46. The van der Waals surface area contributed by atoms with Gasteiger partial charge in [-0.25, -0.2) is 9.97 Å². The maximum atomic E-state index is 5.55. The number of hydrogen-bond acceptors (Lipinski definition) is 4. The molecule has 0 N–H and O–H groups in total. The molecule has 6 heteroatoms. The molecule has 0 aliphatic carbocycles. The molecule has 0 fully saturated rings. The Morgan fingerprint density at radius 1 is 1.30 bits per heavy atom. The SMILES string of the molecule is SSc1nc(Cl)cc(Cl)n1. The number of rotatable bonds is 1. The van der Waals surface area contributed by atoms with Crippen LogP contribution in [0.25, 0.3) is 0 Å². The zero-order chi connectivity index (χ0) is 7.56. The highest BCUT2D eigenvalue weighted by molar-refractivity contribution is 8.68. The monoisotopic (exact) mass is 212 g/mol. The molecule has 1 aromatic heterocycles. The number of aromatic nitrogens is 2. The van der Waals surface area contributed by atoms with Crippen LogP contribution >= 0.6 is 45.7 Å². The lowest BCUT2D eigenvalue weighted by molar-refractivity contribution is 0.975. The van der Waals surface area contributed by atoms with Gasteiger partial charge in [-0.1, -0.05) is 23.2 Å². The van der Waals surface area contributed by atoms with Crippen molar-refractivity contribution in [1.82, 2.24) is 9.97 Å². The van der Waals surface area contributed by atoms with Crippen molar-refractivity contribution in [2.75, 3.05) is 0 Å². The number of halogens is 2. The van der Waals surface area contributed by atoms with E-state index in [1.807, 2.05) is 0 Å². The Labute approximate surface area is 77.2 Å². The number of nitrogens with zero attached hydrogens (tertiary/aromatic N) is 2. The summed E-state index contributed by atoms with van der Waals surface area (Å²) in [6, 6.07) is 1.47. The number of hydrogen-bond donors (Lipinski definition) is 1. The van der Waals surface area contributed by atoms with E-state index in [2.05, 4.69) is 21.6 Å². The first-order chi connectivity index (χ1) is 4.72. The molecular formula is C4H2Cl2N2S2. The third kappa shape index (κ3) is 2.20. The van der Waals surface area contributed by atoms with Gasteiger partial charge in [-0.3, -0.25) is 0 Å². The van der Waals surface area contributed by atoms with Gasteiger partial charge in [0.05, 0.1) is 0 Å². The third-order valence-electron chi connectivity index (χ3n) is 0.725. The molecule has 0 radical (unpaired) electrons. The van der Waals surface area contributed by atoms with E-state index in [4.69, 9.17) is 23.2 Å². The zero-order valence-corrected chi connectivity index (χ0v) is 7.81. The summed E-state index contributed by atoms with van der Waals surface area (Å²) in [7, 11) is 1.10. The van der Waals surface area contributed by atoms with E-state index in [-0.39, 0.29) is 0 Å². The maximum absolute atomic E-state index is 5.55. The van der Waals surface area contributed by atoms with Crippen LogP contribution in [0.3, 0.4) is 0 Å². The van der Waals surface area contributed by atoms with E-state index in [0.29, 0.717) is 15.5 Å². The molecule has 2 nitrogen and oxygen atoms in total. The van der Waals surface area contributed by atoms with Crippen LogP contribution in [0.15, 0.2) is 11.2 Å².